The number of benzene rings is 3. The lowest BCUT2D eigenvalue weighted by Gasteiger charge is -2.39. The van der Waals surface area contributed by atoms with Gasteiger partial charge in [0.1, 0.15) is 23.0 Å². The molecule has 2 N–H and O–H groups in total. The molecule has 3 aromatic carbocycles. The molecule has 0 saturated carbocycles. The van der Waals surface area contributed by atoms with E-state index in [0.29, 0.717) is 30.5 Å². The molecule has 1 heterocycles. The van der Waals surface area contributed by atoms with Gasteiger partial charge >= 0.3 is 12.1 Å². The Bertz CT molecular complexity index is 1570. The molecule has 3 aromatic rings. The molecule has 13 heteroatoms. The van der Waals surface area contributed by atoms with Gasteiger partial charge in [-0.15, -0.1) is 0 Å². The van der Waals surface area contributed by atoms with E-state index in [1.54, 1.807) is 44.2 Å². The number of esters is 1. The van der Waals surface area contributed by atoms with Gasteiger partial charge in [-0.2, -0.15) is 0 Å². The summed E-state index contributed by atoms with van der Waals surface area (Å²) in [5.41, 5.74) is -1.85. The SMILES string of the molecule is CCOc1cc(OCC)cc(C(=O)N[C@@H]2CN(C(=O)O)CCC[C@]2(OC(=O)c2ccccc2)C(=O)c2cc(OC)ccc2OCOC)c1. The van der Waals surface area contributed by atoms with Crippen LogP contribution in [0.15, 0.2) is 66.7 Å². The summed E-state index contributed by atoms with van der Waals surface area (Å²) in [4.78, 5) is 56.2. The minimum absolute atomic E-state index is 0.0130. The van der Waals surface area contributed by atoms with E-state index in [2.05, 4.69) is 5.32 Å². The number of hydrogen-bond donors (Lipinski definition) is 2. The lowest BCUT2D eigenvalue weighted by molar-refractivity contribution is -0.0274. The van der Waals surface area contributed by atoms with Gasteiger partial charge in [-0.3, -0.25) is 9.59 Å². The second-order valence-corrected chi connectivity index (χ2v) is 10.8. The number of methoxy groups -OCH3 is 2. The van der Waals surface area contributed by atoms with Crippen molar-refractivity contribution in [1.82, 2.24) is 10.2 Å². The van der Waals surface area contributed by atoms with E-state index >= 15 is 0 Å². The Balaban J connectivity index is 1.89. The van der Waals surface area contributed by atoms with E-state index in [9.17, 15) is 24.3 Å². The molecule has 1 aliphatic heterocycles. The summed E-state index contributed by atoms with van der Waals surface area (Å²) in [5.74, 6) is -1.09. The predicted octanol–water partition coefficient (Wildman–Crippen LogP) is 4.83. The van der Waals surface area contributed by atoms with E-state index in [4.69, 9.17) is 28.4 Å². The highest BCUT2D eigenvalue weighted by Gasteiger charge is 2.53. The maximum atomic E-state index is 15.0. The molecule has 13 nitrogen and oxygen atoms in total. The first kappa shape index (κ1) is 35.6. The van der Waals surface area contributed by atoms with Crippen LogP contribution in [0.1, 0.15) is 57.8 Å². The molecule has 1 aliphatic rings. The van der Waals surface area contributed by atoms with Crippen molar-refractivity contribution in [2.45, 2.75) is 38.3 Å². The molecule has 0 aliphatic carbocycles. The van der Waals surface area contributed by atoms with Crippen molar-refractivity contribution in [3.63, 3.8) is 0 Å². The van der Waals surface area contributed by atoms with Gasteiger partial charge < -0.3 is 43.7 Å². The van der Waals surface area contributed by atoms with Crippen molar-refractivity contribution in [3.8, 4) is 23.0 Å². The summed E-state index contributed by atoms with van der Waals surface area (Å²) in [6.07, 6.45) is -1.28. The molecule has 0 aromatic heterocycles. The lowest BCUT2D eigenvalue weighted by Crippen LogP contribution is -2.62. The predicted molar refractivity (Wildman–Crippen MR) is 173 cm³/mol. The number of hydrogen-bond acceptors (Lipinski definition) is 10. The van der Waals surface area contributed by atoms with Crippen molar-refractivity contribution < 1.29 is 52.7 Å². The summed E-state index contributed by atoms with van der Waals surface area (Å²) in [5, 5.41) is 12.9. The van der Waals surface area contributed by atoms with Crippen LogP contribution >= 0.6 is 0 Å². The van der Waals surface area contributed by atoms with Gasteiger partial charge in [0.15, 0.2) is 12.4 Å². The molecule has 48 heavy (non-hydrogen) atoms. The van der Waals surface area contributed by atoms with E-state index in [1.807, 2.05) is 0 Å². The molecule has 0 unspecified atom stereocenters. The number of ether oxygens (including phenoxy) is 6. The van der Waals surface area contributed by atoms with Crippen LogP contribution in [0.4, 0.5) is 4.79 Å². The van der Waals surface area contributed by atoms with Crippen LogP contribution < -0.4 is 24.3 Å². The Morgan fingerprint density at radius 2 is 1.56 bits per heavy atom. The number of amides is 2. The quantitative estimate of drug-likeness (QED) is 0.138. The number of likely N-dealkylation sites (tertiary alicyclic amines) is 1. The zero-order chi connectivity index (χ0) is 34.7. The molecule has 1 saturated heterocycles. The van der Waals surface area contributed by atoms with Crippen molar-refractivity contribution in [2.75, 3.05) is 47.3 Å². The largest absolute Gasteiger partial charge is 0.497 e. The van der Waals surface area contributed by atoms with Crippen molar-refractivity contribution in [2.24, 2.45) is 0 Å². The molecule has 4 rings (SSSR count). The van der Waals surface area contributed by atoms with Crippen LogP contribution in [-0.2, 0) is 9.47 Å². The van der Waals surface area contributed by atoms with Gasteiger partial charge in [0.05, 0.1) is 37.5 Å². The fourth-order valence-electron chi connectivity index (χ4n) is 5.47. The minimum atomic E-state index is -2.11. The summed E-state index contributed by atoms with van der Waals surface area (Å²) >= 11 is 0. The molecular weight excluding hydrogens is 624 g/mol. The van der Waals surface area contributed by atoms with Gasteiger partial charge in [0.25, 0.3) is 5.91 Å². The van der Waals surface area contributed by atoms with Crippen LogP contribution in [0, 0.1) is 0 Å². The summed E-state index contributed by atoms with van der Waals surface area (Å²) in [6, 6.07) is 15.9. The molecule has 1 fully saturated rings. The average molecular weight is 665 g/mol. The first-order valence-electron chi connectivity index (χ1n) is 15.5. The first-order chi connectivity index (χ1) is 23.1. The highest BCUT2D eigenvalue weighted by Crippen LogP contribution is 2.37. The van der Waals surface area contributed by atoms with Crippen molar-refractivity contribution >= 4 is 23.8 Å². The van der Waals surface area contributed by atoms with E-state index < -0.39 is 35.4 Å². The normalized spacial score (nSPS) is 17.4. The standard InChI is InChI=1S/C35H40N2O11/c1-5-45-26-17-24(18-27(19-26)46-6-2)32(39)36-30-21-37(34(41)42)16-10-15-35(30,48-33(40)23-11-8-7-9-12-23)31(38)28-20-25(44-4)13-14-29(28)47-22-43-3/h7-9,11-14,17-20,30H,5-6,10,15-16,21-22H2,1-4H3,(H,36,39)(H,41,42)/t30-,35-/m1/s1. The number of carbonyl (C=O) groups excluding carboxylic acids is 3. The number of nitrogens with one attached hydrogen (secondary N) is 1. The Hall–Kier alpha value is -5.30. The molecule has 256 valence electrons. The monoisotopic (exact) mass is 664 g/mol. The van der Waals surface area contributed by atoms with Crippen molar-refractivity contribution in [3.05, 3.63) is 83.4 Å². The maximum Gasteiger partial charge on any atom is 0.407 e. The van der Waals surface area contributed by atoms with Gasteiger partial charge in [-0.05, 0) is 69.2 Å². The Kier molecular flexibility index (Phi) is 12.2. The van der Waals surface area contributed by atoms with Crippen LogP contribution in [0.2, 0.25) is 0 Å². The topological polar surface area (TPSA) is 159 Å². The molecule has 2 amide bonds. The highest BCUT2D eigenvalue weighted by atomic mass is 16.7. The zero-order valence-corrected chi connectivity index (χ0v) is 27.4. The third-order valence-electron chi connectivity index (χ3n) is 7.71. The summed E-state index contributed by atoms with van der Waals surface area (Å²) in [7, 11) is 2.85. The Labute approximate surface area is 278 Å². The van der Waals surface area contributed by atoms with Crippen molar-refractivity contribution in [1.29, 1.82) is 0 Å². The van der Waals surface area contributed by atoms with E-state index in [0.717, 1.165) is 4.90 Å². The fourth-order valence-corrected chi connectivity index (χ4v) is 5.47. The molecule has 0 radical (unpaired) electrons. The zero-order valence-electron chi connectivity index (χ0n) is 27.4. The Morgan fingerprint density at radius 1 is 0.875 bits per heavy atom. The summed E-state index contributed by atoms with van der Waals surface area (Å²) < 4.78 is 33.7. The van der Waals surface area contributed by atoms with Gasteiger partial charge in [0, 0.05) is 31.8 Å². The third-order valence-corrected chi connectivity index (χ3v) is 7.71. The van der Waals surface area contributed by atoms with Gasteiger partial charge in [-0.25, -0.2) is 9.59 Å². The third kappa shape index (κ3) is 8.34. The maximum absolute atomic E-state index is 15.0. The van der Waals surface area contributed by atoms with E-state index in [1.165, 1.54) is 50.6 Å². The smallest absolute Gasteiger partial charge is 0.407 e. The molecule has 0 spiro atoms. The number of nitrogens with zero attached hydrogens (tertiary/aromatic N) is 1. The van der Waals surface area contributed by atoms with Gasteiger partial charge in [-0.1, -0.05) is 18.2 Å². The molecule has 2 atom stereocenters. The summed E-state index contributed by atoms with van der Waals surface area (Å²) in [6.45, 7) is 3.68. The lowest BCUT2D eigenvalue weighted by atomic mass is 9.81. The van der Waals surface area contributed by atoms with Crippen LogP contribution in [0.5, 0.6) is 23.0 Å². The van der Waals surface area contributed by atoms with Crippen LogP contribution in [0.3, 0.4) is 0 Å². The van der Waals surface area contributed by atoms with Crippen LogP contribution in [-0.4, -0.2) is 92.7 Å². The molecular formula is C35H40N2O11. The highest BCUT2D eigenvalue weighted by molar-refractivity contribution is 6.08. The first-order valence-corrected chi connectivity index (χ1v) is 15.5. The fraction of sp³-hybridized carbons (Fsp3) is 0.371. The second-order valence-electron chi connectivity index (χ2n) is 10.8. The minimum Gasteiger partial charge on any atom is -0.497 e. The number of Topliss-reactive ketones (excluding diaryl/α,β-unsaturated/α-hetero) is 1. The van der Waals surface area contributed by atoms with Crippen LogP contribution in [0.25, 0.3) is 0 Å². The van der Waals surface area contributed by atoms with E-state index in [-0.39, 0.29) is 55.2 Å². The second kappa shape index (κ2) is 16.5. The average Bonchev–Trinajstić information content (AvgIpc) is 3.27. The number of carboxylic acid groups (broad SMARTS) is 1. The number of rotatable bonds is 14. The number of ketones is 1. The van der Waals surface area contributed by atoms with Gasteiger partial charge in [0.2, 0.25) is 5.78 Å². The number of carbonyl (C=O) groups is 4. The Morgan fingerprint density at radius 3 is 2.17 bits per heavy atom. The molecule has 0 bridgehead atoms.